The minimum absolute atomic E-state index is 0.0430. The van der Waals surface area contributed by atoms with Gasteiger partial charge in [0.15, 0.2) is 0 Å². The molecule has 158 valence electrons. The lowest BCUT2D eigenvalue weighted by Gasteiger charge is -2.19. The van der Waals surface area contributed by atoms with Crippen molar-refractivity contribution in [1.82, 2.24) is 14.9 Å². The number of benzene rings is 2. The molecule has 3 aromatic rings. The Hall–Kier alpha value is -2.62. The summed E-state index contributed by atoms with van der Waals surface area (Å²) in [6.07, 6.45) is 0. The quantitative estimate of drug-likeness (QED) is 0.601. The van der Waals surface area contributed by atoms with Crippen LogP contribution in [0.1, 0.15) is 47.3 Å². The number of nitrogens with one attached hydrogen (secondary N) is 2. The van der Waals surface area contributed by atoms with Gasteiger partial charge in [0, 0.05) is 12.1 Å². The first kappa shape index (κ1) is 22.1. The number of hydrogen-bond acceptors (Lipinski definition) is 6. The predicted molar refractivity (Wildman–Crippen MR) is 118 cm³/mol. The van der Waals surface area contributed by atoms with Crippen LogP contribution in [0.5, 0.6) is 0 Å². The Balaban J connectivity index is 1.62. The molecule has 0 radical (unpaired) electrons. The van der Waals surface area contributed by atoms with Crippen LogP contribution in [-0.4, -0.2) is 24.5 Å². The van der Waals surface area contributed by atoms with E-state index in [4.69, 9.17) is 0 Å². The predicted octanol–water partition coefficient (Wildman–Crippen LogP) is 3.87. The number of sulfonamides is 1. The number of aromatic nitrogens is 2. The van der Waals surface area contributed by atoms with Crippen molar-refractivity contribution >= 4 is 32.4 Å². The molecule has 2 aromatic carbocycles. The van der Waals surface area contributed by atoms with Gasteiger partial charge in [0.25, 0.3) is 5.91 Å². The summed E-state index contributed by atoms with van der Waals surface area (Å²) in [7, 11) is -3.63. The number of carbonyl (C=O) groups excluding carboxylic acids is 1. The fourth-order valence-electron chi connectivity index (χ4n) is 2.69. The van der Waals surface area contributed by atoms with E-state index in [1.807, 2.05) is 19.1 Å². The highest BCUT2D eigenvalue weighted by Crippen LogP contribution is 2.23. The van der Waals surface area contributed by atoms with Crippen LogP contribution < -0.4 is 10.0 Å². The molecule has 1 aromatic heterocycles. The van der Waals surface area contributed by atoms with Gasteiger partial charge in [0.2, 0.25) is 15.2 Å². The highest BCUT2D eigenvalue weighted by molar-refractivity contribution is 7.89. The van der Waals surface area contributed by atoms with E-state index in [0.717, 1.165) is 16.1 Å². The van der Waals surface area contributed by atoms with Crippen LogP contribution in [0.4, 0.5) is 5.13 Å². The summed E-state index contributed by atoms with van der Waals surface area (Å²) in [4.78, 5) is 12.5. The molecule has 0 spiro atoms. The first-order chi connectivity index (χ1) is 14.0. The topological polar surface area (TPSA) is 101 Å². The second-order valence-corrected chi connectivity index (χ2v) is 10.8. The summed E-state index contributed by atoms with van der Waals surface area (Å²) in [5.74, 6) is -0.294. The number of carbonyl (C=O) groups is 1. The Morgan fingerprint density at radius 3 is 2.17 bits per heavy atom. The number of rotatable bonds is 6. The second-order valence-electron chi connectivity index (χ2n) is 7.88. The maximum atomic E-state index is 12.6. The molecule has 7 nitrogen and oxygen atoms in total. The molecular formula is C21H24N4O3S2. The van der Waals surface area contributed by atoms with E-state index in [1.165, 1.54) is 11.3 Å². The SMILES string of the molecule is Cc1nnc(NC(=O)c2ccc(CNS(=O)(=O)c3ccc(C(C)(C)C)cc3)cc2)s1. The van der Waals surface area contributed by atoms with Crippen LogP contribution in [-0.2, 0) is 22.0 Å². The van der Waals surface area contributed by atoms with E-state index in [9.17, 15) is 13.2 Å². The molecule has 0 unspecified atom stereocenters. The van der Waals surface area contributed by atoms with Gasteiger partial charge in [-0.05, 0) is 47.7 Å². The summed E-state index contributed by atoms with van der Waals surface area (Å²) in [5.41, 5.74) is 2.22. The summed E-state index contributed by atoms with van der Waals surface area (Å²) < 4.78 is 27.7. The minimum Gasteiger partial charge on any atom is -0.296 e. The molecule has 0 fully saturated rings. The normalized spacial score (nSPS) is 12.0. The molecule has 0 atom stereocenters. The van der Waals surface area contributed by atoms with Gasteiger partial charge in [-0.15, -0.1) is 10.2 Å². The third kappa shape index (κ3) is 5.50. The van der Waals surface area contributed by atoms with Crippen LogP contribution in [0.3, 0.4) is 0 Å². The molecule has 1 heterocycles. The van der Waals surface area contributed by atoms with Crippen molar-refractivity contribution in [3.05, 3.63) is 70.2 Å². The molecule has 9 heteroatoms. The molecule has 3 rings (SSSR count). The first-order valence-electron chi connectivity index (χ1n) is 9.35. The zero-order valence-electron chi connectivity index (χ0n) is 17.3. The van der Waals surface area contributed by atoms with Gasteiger partial charge in [-0.1, -0.05) is 56.4 Å². The molecule has 1 amide bonds. The molecule has 0 saturated heterocycles. The zero-order chi connectivity index (χ0) is 21.9. The monoisotopic (exact) mass is 444 g/mol. The third-order valence-corrected chi connectivity index (χ3v) is 6.63. The van der Waals surface area contributed by atoms with Gasteiger partial charge < -0.3 is 0 Å². The van der Waals surface area contributed by atoms with Gasteiger partial charge in [-0.25, -0.2) is 13.1 Å². The van der Waals surface area contributed by atoms with Gasteiger partial charge in [-0.2, -0.15) is 0 Å². The van der Waals surface area contributed by atoms with Gasteiger partial charge >= 0.3 is 0 Å². The fraction of sp³-hybridized carbons (Fsp3) is 0.286. The van der Waals surface area contributed by atoms with Crippen molar-refractivity contribution in [3.8, 4) is 0 Å². The van der Waals surface area contributed by atoms with Crippen molar-refractivity contribution in [2.24, 2.45) is 0 Å². The molecule has 0 aliphatic heterocycles. The molecular weight excluding hydrogens is 420 g/mol. The Kier molecular flexibility index (Phi) is 6.35. The maximum Gasteiger partial charge on any atom is 0.257 e. The number of nitrogens with zero attached hydrogens (tertiary/aromatic N) is 2. The largest absolute Gasteiger partial charge is 0.296 e. The van der Waals surface area contributed by atoms with E-state index in [1.54, 1.807) is 36.4 Å². The molecule has 0 bridgehead atoms. The first-order valence-corrected chi connectivity index (χ1v) is 11.7. The summed E-state index contributed by atoms with van der Waals surface area (Å²) >= 11 is 1.29. The number of anilines is 1. The summed E-state index contributed by atoms with van der Waals surface area (Å²) in [6, 6.07) is 13.6. The van der Waals surface area contributed by atoms with E-state index in [2.05, 4.69) is 41.0 Å². The smallest absolute Gasteiger partial charge is 0.257 e. The number of amides is 1. The van der Waals surface area contributed by atoms with E-state index in [-0.39, 0.29) is 22.8 Å². The van der Waals surface area contributed by atoms with Gasteiger partial charge in [0.05, 0.1) is 4.90 Å². The van der Waals surface area contributed by atoms with Crippen molar-refractivity contribution in [1.29, 1.82) is 0 Å². The van der Waals surface area contributed by atoms with Crippen LogP contribution >= 0.6 is 11.3 Å². The average molecular weight is 445 g/mol. The zero-order valence-corrected chi connectivity index (χ0v) is 18.9. The Labute approximate surface area is 180 Å². The lowest BCUT2D eigenvalue weighted by Crippen LogP contribution is -2.23. The number of aryl methyl sites for hydroxylation is 1. The average Bonchev–Trinajstić information content (AvgIpc) is 3.11. The Morgan fingerprint density at radius 2 is 1.63 bits per heavy atom. The highest BCUT2D eigenvalue weighted by Gasteiger charge is 2.17. The van der Waals surface area contributed by atoms with Crippen LogP contribution in [0.15, 0.2) is 53.4 Å². The Bertz CT molecular complexity index is 1130. The van der Waals surface area contributed by atoms with E-state index in [0.29, 0.717) is 10.7 Å². The fourth-order valence-corrected chi connectivity index (χ4v) is 4.29. The van der Waals surface area contributed by atoms with E-state index < -0.39 is 10.0 Å². The van der Waals surface area contributed by atoms with Crippen LogP contribution in [0, 0.1) is 6.92 Å². The molecule has 0 aliphatic carbocycles. The van der Waals surface area contributed by atoms with Gasteiger partial charge in [0.1, 0.15) is 5.01 Å². The van der Waals surface area contributed by atoms with Crippen molar-refractivity contribution < 1.29 is 13.2 Å². The molecule has 2 N–H and O–H groups in total. The maximum absolute atomic E-state index is 12.6. The van der Waals surface area contributed by atoms with Gasteiger partial charge in [-0.3, -0.25) is 10.1 Å². The molecule has 30 heavy (non-hydrogen) atoms. The van der Waals surface area contributed by atoms with Crippen LogP contribution in [0.25, 0.3) is 0 Å². The molecule has 0 aliphatic rings. The third-order valence-electron chi connectivity index (χ3n) is 4.46. The summed E-state index contributed by atoms with van der Waals surface area (Å²) in [5, 5.41) is 11.6. The van der Waals surface area contributed by atoms with E-state index >= 15 is 0 Å². The van der Waals surface area contributed by atoms with Crippen molar-refractivity contribution in [2.45, 2.75) is 44.6 Å². The Morgan fingerprint density at radius 1 is 1.00 bits per heavy atom. The molecule has 0 saturated carbocycles. The standard InChI is InChI=1S/C21H24N4O3S2/c1-14-24-25-20(29-14)23-19(26)16-7-5-15(6-8-16)13-22-30(27,28)18-11-9-17(10-12-18)21(2,3)4/h5-12,22H,13H2,1-4H3,(H,23,25,26). The highest BCUT2D eigenvalue weighted by atomic mass is 32.2. The summed E-state index contributed by atoms with van der Waals surface area (Å²) in [6.45, 7) is 8.16. The van der Waals surface area contributed by atoms with Crippen molar-refractivity contribution in [3.63, 3.8) is 0 Å². The van der Waals surface area contributed by atoms with Crippen LogP contribution in [0.2, 0.25) is 0 Å². The lowest BCUT2D eigenvalue weighted by molar-refractivity contribution is 0.102. The lowest BCUT2D eigenvalue weighted by atomic mass is 9.87. The number of hydrogen-bond donors (Lipinski definition) is 2. The second kappa shape index (κ2) is 8.63. The minimum atomic E-state index is -3.63. The van der Waals surface area contributed by atoms with Crippen molar-refractivity contribution in [2.75, 3.05) is 5.32 Å².